The number of hydrogen-bond donors (Lipinski definition) is 0. The van der Waals surface area contributed by atoms with Gasteiger partial charge in [-0.15, -0.1) is 0 Å². The van der Waals surface area contributed by atoms with Crippen LogP contribution < -0.4 is 14.6 Å². The Morgan fingerprint density at radius 1 is 1.07 bits per heavy atom. The van der Waals surface area contributed by atoms with Crippen LogP contribution in [0.1, 0.15) is 58.8 Å². The maximum atomic E-state index is 12.1. The Balaban J connectivity index is 2.56. The van der Waals surface area contributed by atoms with Crippen molar-refractivity contribution in [2.45, 2.75) is 77.8 Å². The van der Waals surface area contributed by atoms with E-state index in [1.807, 2.05) is 39.8 Å². The van der Waals surface area contributed by atoms with Gasteiger partial charge in [0.25, 0.3) is 8.32 Å². The topological polar surface area (TPSA) is 54.0 Å². The van der Waals surface area contributed by atoms with Crippen LogP contribution in [0.25, 0.3) is 0 Å². The first-order chi connectivity index (χ1) is 12.2. The van der Waals surface area contributed by atoms with Crippen molar-refractivity contribution in [1.29, 1.82) is 0 Å². The number of ether oxygens (including phenoxy) is 1. The molecule has 0 bridgehead atoms. The second-order valence-corrected chi connectivity index (χ2v) is 14.4. The highest BCUT2D eigenvalue weighted by Gasteiger charge is 2.52. The molecule has 1 fully saturated rings. The normalized spacial score (nSPS) is 19.1. The molecule has 0 saturated carbocycles. The molecule has 1 aliphatic heterocycles. The second kappa shape index (κ2) is 6.94. The lowest BCUT2D eigenvalue weighted by Gasteiger charge is -2.37. The number of benzene rings is 1. The minimum atomic E-state index is -2.18. The molecule has 5 nitrogen and oxygen atoms in total. The van der Waals surface area contributed by atoms with Crippen LogP contribution in [0.4, 0.5) is 0 Å². The molecule has 1 saturated heterocycles. The lowest BCUT2D eigenvalue weighted by Crippen LogP contribution is -2.45. The van der Waals surface area contributed by atoms with Crippen molar-refractivity contribution in [3.8, 4) is 11.5 Å². The summed E-state index contributed by atoms with van der Waals surface area (Å²) in [4.78, 5) is 12.1. The highest BCUT2D eigenvalue weighted by atomic mass is 28.4. The predicted molar refractivity (Wildman–Crippen MR) is 112 cm³/mol. The molecule has 0 aliphatic carbocycles. The summed E-state index contributed by atoms with van der Waals surface area (Å²) in [6.07, 6.45) is 0.811. The molecule has 0 aromatic heterocycles. The van der Waals surface area contributed by atoms with Crippen LogP contribution in [-0.2, 0) is 9.31 Å². The molecule has 1 heterocycles. The first kappa shape index (κ1) is 22.0. The Hall–Kier alpha value is -1.31. The highest BCUT2D eigenvalue weighted by molar-refractivity contribution is 6.75. The molecule has 1 aromatic rings. The molecule has 2 rings (SSSR count). The summed E-state index contributed by atoms with van der Waals surface area (Å²) in [7, 11) is -1.24. The number of rotatable bonds is 5. The van der Waals surface area contributed by atoms with Gasteiger partial charge in [-0.25, -0.2) is 0 Å². The van der Waals surface area contributed by atoms with E-state index in [4.69, 9.17) is 18.5 Å². The van der Waals surface area contributed by atoms with Gasteiger partial charge in [-0.2, -0.15) is 0 Å². The molecule has 1 aliphatic rings. The third kappa shape index (κ3) is 3.96. The second-order valence-electron chi connectivity index (χ2n) is 9.67. The van der Waals surface area contributed by atoms with Gasteiger partial charge in [-0.1, -0.05) is 26.8 Å². The Kier molecular flexibility index (Phi) is 5.65. The van der Waals surface area contributed by atoms with E-state index in [0.717, 1.165) is 6.29 Å². The Labute approximate surface area is 165 Å². The monoisotopic (exact) mass is 392 g/mol. The molecule has 0 spiro atoms. The van der Waals surface area contributed by atoms with Crippen molar-refractivity contribution in [2.75, 3.05) is 7.11 Å². The van der Waals surface area contributed by atoms with Crippen LogP contribution in [0.3, 0.4) is 0 Å². The minimum Gasteiger partial charge on any atom is -0.541 e. The van der Waals surface area contributed by atoms with Crippen molar-refractivity contribution < 1.29 is 23.3 Å². The third-order valence-electron chi connectivity index (χ3n) is 6.20. The van der Waals surface area contributed by atoms with E-state index in [1.165, 1.54) is 0 Å². The Morgan fingerprint density at radius 3 is 2.00 bits per heavy atom. The van der Waals surface area contributed by atoms with Gasteiger partial charge in [-0.05, 0) is 57.4 Å². The Morgan fingerprint density at radius 2 is 1.59 bits per heavy atom. The summed E-state index contributed by atoms with van der Waals surface area (Å²) in [5.41, 5.74) is 0.118. The lowest BCUT2D eigenvalue weighted by atomic mass is 9.76. The van der Waals surface area contributed by atoms with Gasteiger partial charge < -0.3 is 18.5 Å². The average molecular weight is 392 g/mol. The van der Waals surface area contributed by atoms with Crippen LogP contribution in [0.2, 0.25) is 18.1 Å². The fraction of sp³-hybridized carbons (Fsp3) is 0.650. The van der Waals surface area contributed by atoms with Crippen LogP contribution in [0.15, 0.2) is 12.1 Å². The fourth-order valence-electron chi connectivity index (χ4n) is 2.57. The summed E-state index contributed by atoms with van der Waals surface area (Å²) >= 11 is 0. The van der Waals surface area contributed by atoms with Gasteiger partial charge in [0.2, 0.25) is 0 Å². The first-order valence-electron chi connectivity index (χ1n) is 9.37. The van der Waals surface area contributed by atoms with Crippen molar-refractivity contribution in [3.63, 3.8) is 0 Å². The largest absolute Gasteiger partial charge is 0.541 e. The van der Waals surface area contributed by atoms with Crippen molar-refractivity contribution in [2.24, 2.45) is 0 Å². The lowest BCUT2D eigenvalue weighted by molar-refractivity contribution is 0.00578. The first-order valence-corrected chi connectivity index (χ1v) is 12.3. The molecule has 0 amide bonds. The maximum Gasteiger partial charge on any atom is 0.495 e. The molecule has 150 valence electrons. The molecule has 1 aromatic carbocycles. The Bertz CT molecular complexity index is 706. The SMILES string of the molecule is COc1ccc(B2OC(C)(C)C(C)(C)O2)c(C=O)c1O[Si](C)(C)C(C)(C)C. The van der Waals surface area contributed by atoms with E-state index < -0.39 is 26.6 Å². The van der Waals surface area contributed by atoms with Gasteiger partial charge in [0.15, 0.2) is 17.8 Å². The molecule has 0 unspecified atom stereocenters. The quantitative estimate of drug-likeness (QED) is 0.556. The summed E-state index contributed by atoms with van der Waals surface area (Å²) < 4.78 is 24.3. The standard InChI is InChI=1S/C20H33BO5Si/c1-18(2,3)27(9,10)24-17-14(13-22)15(11-12-16(17)23-8)21-25-19(4,5)20(6,7)26-21/h11-13H,1-10H3. The van der Waals surface area contributed by atoms with E-state index >= 15 is 0 Å². The van der Waals surface area contributed by atoms with Crippen LogP contribution >= 0.6 is 0 Å². The zero-order chi connectivity index (χ0) is 20.8. The van der Waals surface area contributed by atoms with Crippen molar-refractivity contribution in [3.05, 3.63) is 17.7 Å². The number of methoxy groups -OCH3 is 1. The summed E-state index contributed by atoms with van der Waals surface area (Å²) in [5, 5.41) is -0.0154. The minimum absolute atomic E-state index is 0.0154. The van der Waals surface area contributed by atoms with Gasteiger partial charge >= 0.3 is 7.12 Å². The van der Waals surface area contributed by atoms with Gasteiger partial charge in [0.1, 0.15) is 0 Å². The average Bonchev–Trinajstić information content (AvgIpc) is 2.73. The van der Waals surface area contributed by atoms with E-state index in [1.54, 1.807) is 7.11 Å². The number of carbonyl (C=O) groups excluding carboxylic acids is 1. The molecule has 7 heteroatoms. The van der Waals surface area contributed by atoms with Gasteiger partial charge in [0.05, 0.1) is 23.9 Å². The fourth-order valence-corrected chi connectivity index (χ4v) is 3.59. The number of carbonyl (C=O) groups is 1. The maximum absolute atomic E-state index is 12.1. The highest BCUT2D eigenvalue weighted by Crippen LogP contribution is 2.42. The summed E-state index contributed by atoms with van der Waals surface area (Å²) in [6, 6.07) is 3.64. The molecular formula is C20H33BO5Si. The number of aldehydes is 1. The van der Waals surface area contributed by atoms with Crippen LogP contribution in [0.5, 0.6) is 11.5 Å². The number of hydrogen-bond acceptors (Lipinski definition) is 5. The van der Waals surface area contributed by atoms with Crippen LogP contribution in [-0.4, -0.2) is 40.0 Å². The predicted octanol–water partition coefficient (Wildman–Crippen LogP) is 4.19. The summed E-state index contributed by atoms with van der Waals surface area (Å²) in [5.74, 6) is 1.02. The molecule has 27 heavy (non-hydrogen) atoms. The molecule has 0 radical (unpaired) electrons. The van der Waals surface area contributed by atoms with E-state index in [0.29, 0.717) is 22.5 Å². The molecule has 0 N–H and O–H groups in total. The van der Waals surface area contributed by atoms with Crippen LogP contribution in [0, 0.1) is 0 Å². The summed E-state index contributed by atoms with van der Waals surface area (Å²) in [6.45, 7) is 18.7. The molecule has 0 atom stereocenters. The van der Waals surface area contributed by atoms with Gasteiger partial charge in [0, 0.05) is 0 Å². The van der Waals surface area contributed by atoms with Crippen molar-refractivity contribution in [1.82, 2.24) is 0 Å². The van der Waals surface area contributed by atoms with E-state index in [2.05, 4.69) is 33.9 Å². The zero-order valence-corrected chi connectivity index (χ0v) is 19.4. The van der Waals surface area contributed by atoms with E-state index in [9.17, 15) is 4.79 Å². The van der Waals surface area contributed by atoms with E-state index in [-0.39, 0.29) is 5.04 Å². The zero-order valence-electron chi connectivity index (χ0n) is 18.4. The third-order valence-corrected chi connectivity index (χ3v) is 10.5. The smallest absolute Gasteiger partial charge is 0.495 e. The molecular weight excluding hydrogens is 359 g/mol. The van der Waals surface area contributed by atoms with Gasteiger partial charge in [-0.3, -0.25) is 4.79 Å². The van der Waals surface area contributed by atoms with Crippen molar-refractivity contribution >= 4 is 27.2 Å².